The molecule has 2 aromatic carbocycles. The van der Waals surface area contributed by atoms with Crippen molar-refractivity contribution in [1.29, 1.82) is 0 Å². The average Bonchev–Trinajstić information content (AvgIpc) is 3.38. The van der Waals surface area contributed by atoms with Crippen molar-refractivity contribution in [3.05, 3.63) is 88.9 Å². The minimum absolute atomic E-state index is 0.0474. The normalized spacial score (nSPS) is 11.4. The summed E-state index contributed by atoms with van der Waals surface area (Å²) in [5.41, 5.74) is 1.79. The highest BCUT2D eigenvalue weighted by atomic mass is 32.2. The number of H-pyrrole nitrogens is 1. The second-order valence-electron chi connectivity index (χ2n) is 6.59. The Morgan fingerprint density at radius 1 is 1.07 bits per heavy atom. The van der Waals surface area contributed by atoms with Crippen molar-refractivity contribution in [2.45, 2.75) is 5.16 Å². The number of Topliss-reactive ketones (excluding diaryl/α,β-unsaturated/α-hetero) is 1. The van der Waals surface area contributed by atoms with Crippen LogP contribution >= 0.6 is 11.8 Å². The van der Waals surface area contributed by atoms with Crippen LogP contribution in [-0.2, 0) is 0 Å². The van der Waals surface area contributed by atoms with E-state index < -0.39 is 0 Å². The van der Waals surface area contributed by atoms with Gasteiger partial charge in [0, 0.05) is 40.7 Å². The number of nitrogens with one attached hydrogen (secondary N) is 1. The van der Waals surface area contributed by atoms with E-state index in [9.17, 15) is 14.0 Å². The smallest absolute Gasteiger partial charge is 0.300 e. The molecule has 0 radical (unpaired) electrons. The summed E-state index contributed by atoms with van der Waals surface area (Å²) in [5, 5.41) is 9.36. The van der Waals surface area contributed by atoms with Gasteiger partial charge in [-0.1, -0.05) is 30.0 Å². The SMILES string of the molecule is O=C(CSc1nnc2c(=O)n(-c3ccc(F)cc3)ccn12)c1c[nH]c2ccccc12. The summed E-state index contributed by atoms with van der Waals surface area (Å²) in [6.45, 7) is 0. The molecule has 30 heavy (non-hydrogen) atoms. The molecule has 0 aliphatic rings. The van der Waals surface area contributed by atoms with Crippen LogP contribution in [-0.4, -0.2) is 35.7 Å². The summed E-state index contributed by atoms with van der Waals surface area (Å²) in [7, 11) is 0. The number of aromatic nitrogens is 5. The number of halogens is 1. The molecular weight excluding hydrogens is 405 g/mol. The van der Waals surface area contributed by atoms with Gasteiger partial charge in [-0.25, -0.2) is 4.39 Å². The summed E-state index contributed by atoms with van der Waals surface area (Å²) in [4.78, 5) is 28.5. The van der Waals surface area contributed by atoms with Gasteiger partial charge in [-0.15, -0.1) is 10.2 Å². The number of thioether (sulfide) groups is 1. The van der Waals surface area contributed by atoms with Crippen LogP contribution in [0.15, 0.2) is 77.1 Å². The Balaban J connectivity index is 1.41. The highest BCUT2D eigenvalue weighted by Gasteiger charge is 2.16. The monoisotopic (exact) mass is 419 g/mol. The van der Waals surface area contributed by atoms with Crippen molar-refractivity contribution < 1.29 is 9.18 Å². The van der Waals surface area contributed by atoms with Crippen LogP contribution in [0.1, 0.15) is 10.4 Å². The molecule has 5 aromatic rings. The second kappa shape index (κ2) is 7.27. The van der Waals surface area contributed by atoms with Gasteiger partial charge in [-0.3, -0.25) is 18.6 Å². The number of ketones is 1. The topological polar surface area (TPSA) is 85.0 Å². The molecule has 1 N–H and O–H groups in total. The Bertz CT molecular complexity index is 1450. The number of benzene rings is 2. The Hall–Kier alpha value is -3.72. The highest BCUT2D eigenvalue weighted by Crippen LogP contribution is 2.22. The quantitative estimate of drug-likeness (QED) is 0.348. The maximum absolute atomic E-state index is 13.2. The summed E-state index contributed by atoms with van der Waals surface area (Å²) in [6.07, 6.45) is 4.92. The lowest BCUT2D eigenvalue weighted by molar-refractivity contribution is 0.102. The van der Waals surface area contributed by atoms with E-state index in [1.807, 2.05) is 24.3 Å². The number of para-hydroxylation sites is 1. The number of hydrogen-bond donors (Lipinski definition) is 1. The minimum Gasteiger partial charge on any atom is -0.360 e. The second-order valence-corrected chi connectivity index (χ2v) is 7.53. The Kier molecular flexibility index (Phi) is 4.44. The van der Waals surface area contributed by atoms with Crippen molar-refractivity contribution >= 4 is 34.1 Å². The first-order chi connectivity index (χ1) is 14.6. The molecule has 3 heterocycles. The first kappa shape index (κ1) is 18.3. The number of fused-ring (bicyclic) bond motifs is 2. The molecule has 0 atom stereocenters. The zero-order valence-corrected chi connectivity index (χ0v) is 16.3. The van der Waals surface area contributed by atoms with E-state index in [0.717, 1.165) is 10.9 Å². The molecule has 0 spiro atoms. The maximum atomic E-state index is 13.2. The van der Waals surface area contributed by atoms with Crippen LogP contribution in [0.3, 0.4) is 0 Å². The molecule has 0 unspecified atom stereocenters. The molecule has 0 aliphatic heterocycles. The van der Waals surface area contributed by atoms with Gasteiger partial charge in [-0.05, 0) is 30.3 Å². The predicted molar refractivity (Wildman–Crippen MR) is 112 cm³/mol. The van der Waals surface area contributed by atoms with Crippen LogP contribution in [0.2, 0.25) is 0 Å². The zero-order chi connectivity index (χ0) is 20.7. The largest absolute Gasteiger partial charge is 0.360 e. The first-order valence-corrected chi connectivity index (χ1v) is 10.0. The number of nitrogens with zero attached hydrogens (tertiary/aromatic N) is 4. The number of carbonyl (C=O) groups is 1. The van der Waals surface area contributed by atoms with E-state index in [1.54, 1.807) is 23.0 Å². The van der Waals surface area contributed by atoms with E-state index in [2.05, 4.69) is 15.2 Å². The summed E-state index contributed by atoms with van der Waals surface area (Å²) < 4.78 is 16.1. The highest BCUT2D eigenvalue weighted by molar-refractivity contribution is 7.99. The predicted octanol–water partition coefficient (Wildman–Crippen LogP) is 3.48. The van der Waals surface area contributed by atoms with Crippen LogP contribution in [0.4, 0.5) is 4.39 Å². The lowest BCUT2D eigenvalue weighted by atomic mass is 10.1. The molecule has 0 bridgehead atoms. The average molecular weight is 419 g/mol. The molecule has 0 fully saturated rings. The first-order valence-electron chi connectivity index (χ1n) is 9.06. The van der Waals surface area contributed by atoms with Crippen LogP contribution < -0.4 is 5.56 Å². The van der Waals surface area contributed by atoms with Crippen molar-refractivity contribution in [2.75, 3.05) is 5.75 Å². The number of aromatic amines is 1. The fourth-order valence-corrected chi connectivity index (χ4v) is 4.08. The molecule has 9 heteroatoms. The Morgan fingerprint density at radius 3 is 2.70 bits per heavy atom. The summed E-state index contributed by atoms with van der Waals surface area (Å²) >= 11 is 1.21. The van der Waals surface area contributed by atoms with Gasteiger partial charge in [0.25, 0.3) is 0 Å². The fraction of sp³-hybridized carbons (Fsp3) is 0.0476. The molecule has 148 valence electrons. The van der Waals surface area contributed by atoms with Gasteiger partial charge < -0.3 is 4.98 Å². The lowest BCUT2D eigenvalue weighted by Crippen LogP contribution is -2.20. The molecule has 0 aliphatic carbocycles. The van der Waals surface area contributed by atoms with Gasteiger partial charge in [-0.2, -0.15) is 0 Å². The lowest BCUT2D eigenvalue weighted by Gasteiger charge is -2.06. The van der Waals surface area contributed by atoms with Gasteiger partial charge in [0.1, 0.15) is 5.82 Å². The van der Waals surface area contributed by atoms with Gasteiger partial charge in [0.05, 0.1) is 5.75 Å². The number of carbonyl (C=O) groups excluding carboxylic acids is 1. The molecule has 7 nitrogen and oxygen atoms in total. The van der Waals surface area contributed by atoms with Crippen molar-refractivity contribution in [2.24, 2.45) is 0 Å². The number of hydrogen-bond acceptors (Lipinski definition) is 5. The van der Waals surface area contributed by atoms with E-state index in [1.165, 1.54) is 40.6 Å². The van der Waals surface area contributed by atoms with Crippen molar-refractivity contribution in [3.63, 3.8) is 0 Å². The van der Waals surface area contributed by atoms with Crippen molar-refractivity contribution in [1.82, 2.24) is 24.1 Å². The van der Waals surface area contributed by atoms with Crippen LogP contribution in [0.25, 0.3) is 22.2 Å². The Labute approximate surface area is 173 Å². The van der Waals surface area contributed by atoms with Crippen LogP contribution in [0, 0.1) is 5.82 Å². The van der Waals surface area contributed by atoms with Gasteiger partial charge in [0.15, 0.2) is 10.9 Å². The van der Waals surface area contributed by atoms with E-state index in [0.29, 0.717) is 16.4 Å². The molecule has 0 saturated carbocycles. The minimum atomic E-state index is -0.383. The molecule has 0 saturated heterocycles. The fourth-order valence-electron chi connectivity index (χ4n) is 3.28. The molecule has 5 rings (SSSR count). The van der Waals surface area contributed by atoms with E-state index >= 15 is 0 Å². The van der Waals surface area contributed by atoms with Gasteiger partial charge >= 0.3 is 5.56 Å². The molecule has 3 aromatic heterocycles. The molecule has 0 amide bonds. The zero-order valence-electron chi connectivity index (χ0n) is 15.4. The summed E-state index contributed by atoms with van der Waals surface area (Å²) in [6, 6.07) is 13.2. The third-order valence-electron chi connectivity index (χ3n) is 4.77. The third kappa shape index (κ3) is 3.09. The van der Waals surface area contributed by atoms with Gasteiger partial charge in [0.2, 0.25) is 5.65 Å². The Morgan fingerprint density at radius 2 is 1.87 bits per heavy atom. The maximum Gasteiger partial charge on any atom is 0.300 e. The number of rotatable bonds is 5. The third-order valence-corrected chi connectivity index (χ3v) is 5.71. The van der Waals surface area contributed by atoms with Crippen LogP contribution in [0.5, 0.6) is 0 Å². The van der Waals surface area contributed by atoms with E-state index in [4.69, 9.17) is 0 Å². The van der Waals surface area contributed by atoms with E-state index in [-0.39, 0.29) is 28.6 Å². The van der Waals surface area contributed by atoms with Crippen molar-refractivity contribution in [3.8, 4) is 5.69 Å². The molecular formula is C21H14FN5O2S. The summed E-state index contributed by atoms with van der Waals surface area (Å²) in [5.74, 6) is -0.272. The standard InChI is InChI=1S/C21H14FN5O2S/c22-13-5-7-14(8-6-13)26-9-10-27-19(20(26)29)24-25-21(27)30-12-18(28)16-11-23-17-4-2-1-3-15(16)17/h1-11,23H,12H2.